The van der Waals surface area contributed by atoms with Gasteiger partial charge in [0.05, 0.1) is 12.0 Å². The third-order valence-corrected chi connectivity index (χ3v) is 4.11. The summed E-state index contributed by atoms with van der Waals surface area (Å²) in [5.74, 6) is -0.0996. The monoisotopic (exact) mass is 256 g/mol. The van der Waals surface area contributed by atoms with Crippen LogP contribution in [0.4, 0.5) is 0 Å². The van der Waals surface area contributed by atoms with E-state index in [2.05, 4.69) is 20.8 Å². The molecule has 0 radical (unpaired) electrons. The van der Waals surface area contributed by atoms with Crippen LogP contribution >= 0.6 is 0 Å². The summed E-state index contributed by atoms with van der Waals surface area (Å²) in [4.78, 5) is 12.1. The number of hydrogen-bond acceptors (Lipinski definition) is 3. The molecule has 0 N–H and O–H groups in total. The second-order valence-electron chi connectivity index (χ2n) is 6.88. The predicted octanol–water partition coefficient (Wildman–Crippen LogP) is 3.56. The van der Waals surface area contributed by atoms with Gasteiger partial charge in [-0.1, -0.05) is 27.2 Å². The first kappa shape index (κ1) is 15.5. The Balaban J connectivity index is 2.43. The summed E-state index contributed by atoms with van der Waals surface area (Å²) >= 11 is 0. The smallest absolute Gasteiger partial charge is 0.311 e. The Kier molecular flexibility index (Phi) is 4.82. The molecular formula is C15H28O3. The lowest BCUT2D eigenvalue weighted by Crippen LogP contribution is -2.32. The van der Waals surface area contributed by atoms with Gasteiger partial charge in [-0.25, -0.2) is 0 Å². The van der Waals surface area contributed by atoms with E-state index in [1.54, 1.807) is 0 Å². The highest BCUT2D eigenvalue weighted by Crippen LogP contribution is 2.34. The number of hydrogen-bond donors (Lipinski definition) is 0. The normalized spacial score (nSPS) is 21.6. The topological polar surface area (TPSA) is 38.8 Å². The molecule has 0 bridgehead atoms. The fourth-order valence-electron chi connectivity index (χ4n) is 1.66. The van der Waals surface area contributed by atoms with Gasteiger partial charge in [-0.05, 0) is 39.0 Å². The molecule has 1 rings (SSSR count). The fraction of sp³-hybridized carbons (Fsp3) is 0.933. The van der Waals surface area contributed by atoms with Gasteiger partial charge < -0.3 is 9.47 Å². The van der Waals surface area contributed by atoms with Crippen molar-refractivity contribution < 1.29 is 14.3 Å². The van der Waals surface area contributed by atoms with E-state index in [-0.39, 0.29) is 18.2 Å². The molecule has 0 amide bonds. The molecule has 1 heterocycles. The van der Waals surface area contributed by atoms with E-state index < -0.39 is 5.41 Å². The van der Waals surface area contributed by atoms with Gasteiger partial charge in [-0.15, -0.1) is 0 Å². The van der Waals surface area contributed by atoms with Gasteiger partial charge in [0.25, 0.3) is 0 Å². The van der Waals surface area contributed by atoms with Crippen LogP contribution in [0.15, 0.2) is 0 Å². The van der Waals surface area contributed by atoms with Crippen molar-refractivity contribution in [3.05, 3.63) is 0 Å². The van der Waals surface area contributed by atoms with Crippen LogP contribution < -0.4 is 0 Å². The molecule has 3 nitrogen and oxygen atoms in total. The number of epoxide rings is 1. The Hall–Kier alpha value is -0.570. The second-order valence-corrected chi connectivity index (χ2v) is 6.88. The standard InChI is InChI=1S/C15H28O3/c1-7-14(3,4)8-9-15(5,6)13(16)18-11(2)12-10-17-12/h11-12H,7-10H2,1-6H3. The van der Waals surface area contributed by atoms with Crippen molar-refractivity contribution >= 4 is 5.97 Å². The highest BCUT2D eigenvalue weighted by Gasteiger charge is 2.37. The van der Waals surface area contributed by atoms with Crippen molar-refractivity contribution in [2.75, 3.05) is 6.61 Å². The lowest BCUT2D eigenvalue weighted by molar-refractivity contribution is -0.160. The molecule has 2 unspecified atom stereocenters. The molecule has 1 fully saturated rings. The fourth-order valence-corrected chi connectivity index (χ4v) is 1.66. The van der Waals surface area contributed by atoms with Gasteiger partial charge in [-0.3, -0.25) is 4.79 Å². The third-order valence-electron chi connectivity index (χ3n) is 4.11. The zero-order valence-corrected chi connectivity index (χ0v) is 12.7. The summed E-state index contributed by atoms with van der Waals surface area (Å²) < 4.78 is 10.6. The largest absolute Gasteiger partial charge is 0.459 e. The average Bonchev–Trinajstić information content (AvgIpc) is 3.10. The van der Waals surface area contributed by atoms with E-state index in [1.165, 1.54) is 0 Å². The zero-order chi connectivity index (χ0) is 14.0. The number of carbonyl (C=O) groups is 1. The maximum Gasteiger partial charge on any atom is 0.311 e. The minimum atomic E-state index is -0.407. The van der Waals surface area contributed by atoms with Gasteiger partial charge in [0, 0.05) is 0 Å². The molecule has 106 valence electrons. The van der Waals surface area contributed by atoms with E-state index in [0.29, 0.717) is 5.41 Å². The molecule has 2 atom stereocenters. The number of esters is 1. The molecule has 0 spiro atoms. The van der Waals surface area contributed by atoms with Crippen molar-refractivity contribution in [3.63, 3.8) is 0 Å². The van der Waals surface area contributed by atoms with Crippen LogP contribution in [-0.4, -0.2) is 24.8 Å². The summed E-state index contributed by atoms with van der Waals surface area (Å²) in [6, 6.07) is 0. The number of rotatable bonds is 7. The molecule has 0 aliphatic carbocycles. The maximum absolute atomic E-state index is 12.1. The van der Waals surface area contributed by atoms with E-state index in [9.17, 15) is 4.79 Å². The van der Waals surface area contributed by atoms with Gasteiger partial charge in [0.2, 0.25) is 0 Å². The van der Waals surface area contributed by atoms with Crippen molar-refractivity contribution in [2.45, 2.75) is 73.0 Å². The lowest BCUT2D eigenvalue weighted by Gasteiger charge is -2.29. The Morgan fingerprint density at radius 3 is 2.33 bits per heavy atom. The Morgan fingerprint density at radius 2 is 1.89 bits per heavy atom. The first-order chi connectivity index (χ1) is 8.18. The first-order valence-corrected chi connectivity index (χ1v) is 7.01. The molecule has 1 aliphatic heterocycles. The van der Waals surface area contributed by atoms with Crippen molar-refractivity contribution in [1.82, 2.24) is 0 Å². The van der Waals surface area contributed by atoms with E-state index in [4.69, 9.17) is 9.47 Å². The quantitative estimate of drug-likeness (QED) is 0.516. The summed E-state index contributed by atoms with van der Waals surface area (Å²) in [6.45, 7) is 13.3. The van der Waals surface area contributed by atoms with Gasteiger partial charge in [0.15, 0.2) is 0 Å². The summed E-state index contributed by atoms with van der Waals surface area (Å²) in [7, 11) is 0. The molecule has 0 saturated carbocycles. The molecule has 0 aromatic rings. The van der Waals surface area contributed by atoms with Crippen LogP contribution in [0, 0.1) is 10.8 Å². The number of ether oxygens (including phenoxy) is 2. The van der Waals surface area contributed by atoms with E-state index >= 15 is 0 Å². The minimum absolute atomic E-state index is 0.0996. The van der Waals surface area contributed by atoms with Crippen molar-refractivity contribution in [3.8, 4) is 0 Å². The molecule has 3 heteroatoms. The van der Waals surface area contributed by atoms with Crippen LogP contribution in [-0.2, 0) is 14.3 Å². The third kappa shape index (κ3) is 4.60. The van der Waals surface area contributed by atoms with Gasteiger partial charge in [-0.2, -0.15) is 0 Å². The lowest BCUT2D eigenvalue weighted by atomic mass is 9.78. The van der Waals surface area contributed by atoms with Crippen LogP contribution in [0.1, 0.15) is 60.8 Å². The van der Waals surface area contributed by atoms with Gasteiger partial charge >= 0.3 is 5.97 Å². The van der Waals surface area contributed by atoms with Crippen LogP contribution in [0.5, 0.6) is 0 Å². The molecular weight excluding hydrogens is 228 g/mol. The zero-order valence-electron chi connectivity index (χ0n) is 12.7. The molecule has 0 aromatic carbocycles. The van der Waals surface area contributed by atoms with Crippen molar-refractivity contribution in [2.24, 2.45) is 10.8 Å². The second kappa shape index (κ2) is 5.60. The van der Waals surface area contributed by atoms with E-state index in [0.717, 1.165) is 25.9 Å². The molecule has 1 saturated heterocycles. The summed E-state index contributed by atoms with van der Waals surface area (Å²) in [6.07, 6.45) is 3.04. The minimum Gasteiger partial charge on any atom is -0.459 e. The molecule has 1 aliphatic rings. The van der Waals surface area contributed by atoms with Gasteiger partial charge in [0.1, 0.15) is 12.2 Å². The maximum atomic E-state index is 12.1. The average molecular weight is 256 g/mol. The highest BCUT2D eigenvalue weighted by atomic mass is 16.6. The molecule has 0 aromatic heterocycles. The Labute approximate surface area is 111 Å². The van der Waals surface area contributed by atoms with E-state index in [1.807, 2.05) is 20.8 Å². The van der Waals surface area contributed by atoms with Crippen molar-refractivity contribution in [1.29, 1.82) is 0 Å². The SMILES string of the molecule is CCC(C)(C)CCC(C)(C)C(=O)OC(C)C1CO1. The Morgan fingerprint density at radius 1 is 1.33 bits per heavy atom. The first-order valence-electron chi connectivity index (χ1n) is 7.01. The Bertz CT molecular complexity index is 290. The summed E-state index contributed by atoms with van der Waals surface area (Å²) in [5.41, 5.74) is -0.113. The van der Waals surface area contributed by atoms with Crippen LogP contribution in [0.3, 0.4) is 0 Å². The number of carbonyl (C=O) groups excluding carboxylic acids is 1. The molecule has 18 heavy (non-hydrogen) atoms. The predicted molar refractivity (Wildman–Crippen MR) is 72.4 cm³/mol. The van der Waals surface area contributed by atoms with Crippen LogP contribution in [0.2, 0.25) is 0 Å². The highest BCUT2D eigenvalue weighted by molar-refractivity contribution is 5.76. The van der Waals surface area contributed by atoms with Crippen LogP contribution in [0.25, 0.3) is 0 Å². The summed E-state index contributed by atoms with van der Waals surface area (Å²) in [5, 5.41) is 0.